The van der Waals surface area contributed by atoms with Crippen LogP contribution in [0.3, 0.4) is 0 Å². The van der Waals surface area contributed by atoms with Crippen molar-refractivity contribution in [3.05, 3.63) is 70.5 Å². The maximum absolute atomic E-state index is 13.9. The molecule has 5 nitrogen and oxygen atoms in total. The molecule has 2 aromatic rings. The molecule has 3 saturated heterocycles. The normalized spacial score (nSPS) is 29.6. The Morgan fingerprint density at radius 2 is 1.55 bits per heavy atom. The van der Waals surface area contributed by atoms with Crippen molar-refractivity contribution in [1.82, 2.24) is 4.90 Å². The molecule has 0 amide bonds. The molecule has 1 spiro atoms. The summed E-state index contributed by atoms with van der Waals surface area (Å²) in [5.41, 5.74) is -2.80. The Hall–Kier alpha value is -2.25. The monoisotopic (exact) mass is 605 g/mol. The number of nitrogens with zero attached hydrogens (tertiary/aromatic N) is 1. The van der Waals surface area contributed by atoms with E-state index < -0.39 is 53.7 Å². The number of rotatable bonds is 5. The summed E-state index contributed by atoms with van der Waals surface area (Å²) >= 11 is 0. The number of alkyl halides is 6. The van der Waals surface area contributed by atoms with Gasteiger partial charge in [-0.2, -0.15) is 26.3 Å². The van der Waals surface area contributed by atoms with Crippen LogP contribution in [0, 0.1) is 11.2 Å². The number of ether oxygens (including phenoxy) is 3. The third kappa shape index (κ3) is 6.19. The molecule has 3 aliphatic heterocycles. The summed E-state index contributed by atoms with van der Waals surface area (Å²) in [4.78, 5) is 2.26. The Balaban J connectivity index is 1.42. The lowest BCUT2D eigenvalue weighted by atomic mass is 9.71. The molecular formula is C30H34F7NO4. The first-order valence-electron chi connectivity index (χ1n) is 14.0. The van der Waals surface area contributed by atoms with Crippen LogP contribution in [-0.2, 0) is 26.6 Å². The molecule has 2 aromatic carbocycles. The Morgan fingerprint density at radius 3 is 2.07 bits per heavy atom. The van der Waals surface area contributed by atoms with E-state index in [2.05, 4.69) is 4.90 Å². The molecule has 0 saturated carbocycles. The van der Waals surface area contributed by atoms with E-state index in [0.29, 0.717) is 50.0 Å². The van der Waals surface area contributed by atoms with Crippen LogP contribution in [0.1, 0.15) is 67.4 Å². The van der Waals surface area contributed by atoms with Crippen molar-refractivity contribution in [1.29, 1.82) is 0 Å². The molecule has 3 aliphatic rings. The highest BCUT2D eigenvalue weighted by Crippen LogP contribution is 2.47. The molecule has 1 N–H and O–H groups in total. The lowest BCUT2D eigenvalue weighted by Crippen LogP contribution is -2.55. The average Bonchev–Trinajstić information content (AvgIpc) is 3.21. The second-order valence-electron chi connectivity index (χ2n) is 11.6. The van der Waals surface area contributed by atoms with Crippen molar-refractivity contribution in [2.24, 2.45) is 5.41 Å². The van der Waals surface area contributed by atoms with Crippen LogP contribution in [-0.4, -0.2) is 60.8 Å². The fourth-order valence-corrected chi connectivity index (χ4v) is 6.71. The predicted octanol–water partition coefficient (Wildman–Crippen LogP) is 6.70. The van der Waals surface area contributed by atoms with Gasteiger partial charge in [-0.15, -0.1) is 0 Å². The molecule has 3 heterocycles. The van der Waals surface area contributed by atoms with Crippen LogP contribution in [0.2, 0.25) is 0 Å². The third-order valence-corrected chi connectivity index (χ3v) is 9.25. The van der Waals surface area contributed by atoms with E-state index in [1.54, 1.807) is 12.1 Å². The number of aliphatic hydroxyl groups excluding tert-OH is 1. The van der Waals surface area contributed by atoms with Gasteiger partial charge in [0, 0.05) is 11.5 Å². The molecule has 232 valence electrons. The Kier molecular flexibility index (Phi) is 8.67. The van der Waals surface area contributed by atoms with Crippen LogP contribution < -0.4 is 0 Å². The lowest BCUT2D eigenvalue weighted by molar-refractivity contribution is -0.213. The number of benzene rings is 2. The zero-order valence-electron chi connectivity index (χ0n) is 23.2. The SMILES string of the molecule is CC1OCC(O)C12CCN([C@H]1CCO[C@H](O[C@H](C)c3cc(C(F)(F)F)cc(C(F)(F)F)c3)[C@@H]1c1ccc(F)cc1)CC2. The van der Waals surface area contributed by atoms with Crippen molar-refractivity contribution in [2.45, 2.75) is 82.0 Å². The van der Waals surface area contributed by atoms with E-state index in [9.17, 15) is 35.8 Å². The second-order valence-corrected chi connectivity index (χ2v) is 11.6. The van der Waals surface area contributed by atoms with Crippen molar-refractivity contribution in [3.63, 3.8) is 0 Å². The van der Waals surface area contributed by atoms with Crippen molar-refractivity contribution in [3.8, 4) is 0 Å². The average molecular weight is 606 g/mol. The van der Waals surface area contributed by atoms with Gasteiger partial charge in [-0.3, -0.25) is 4.90 Å². The van der Waals surface area contributed by atoms with Crippen LogP contribution in [0.15, 0.2) is 42.5 Å². The molecule has 5 rings (SSSR count). The van der Waals surface area contributed by atoms with Gasteiger partial charge in [0.15, 0.2) is 6.29 Å². The molecule has 3 fully saturated rings. The van der Waals surface area contributed by atoms with Crippen molar-refractivity contribution >= 4 is 0 Å². The maximum atomic E-state index is 13.9. The zero-order chi connectivity index (χ0) is 30.4. The number of piperidine rings is 1. The first kappa shape index (κ1) is 31.2. The highest BCUT2D eigenvalue weighted by Gasteiger charge is 2.52. The van der Waals surface area contributed by atoms with Crippen LogP contribution in [0.5, 0.6) is 0 Å². The minimum Gasteiger partial charge on any atom is -0.390 e. The van der Waals surface area contributed by atoms with Gasteiger partial charge in [-0.25, -0.2) is 4.39 Å². The molecule has 2 unspecified atom stereocenters. The summed E-state index contributed by atoms with van der Waals surface area (Å²) in [5, 5.41) is 10.7. The van der Waals surface area contributed by atoms with Gasteiger partial charge in [0.2, 0.25) is 0 Å². The predicted molar refractivity (Wildman–Crippen MR) is 138 cm³/mol. The van der Waals surface area contributed by atoms with Gasteiger partial charge in [0.1, 0.15) is 5.82 Å². The van der Waals surface area contributed by atoms with E-state index in [4.69, 9.17) is 14.2 Å². The fraction of sp³-hybridized carbons (Fsp3) is 0.600. The number of hydrogen-bond donors (Lipinski definition) is 1. The van der Waals surface area contributed by atoms with E-state index >= 15 is 0 Å². The molecular weight excluding hydrogens is 571 g/mol. The van der Waals surface area contributed by atoms with E-state index in [1.807, 2.05) is 6.92 Å². The summed E-state index contributed by atoms with van der Waals surface area (Å²) in [6.45, 7) is 5.16. The first-order chi connectivity index (χ1) is 19.7. The standard InChI is InChI=1S/C30H34F7NO4/c1-17(20-13-21(29(32,33)34)15-22(14-20)30(35,36)37)42-27-26(19-3-5-23(31)6-4-19)24(7-12-40-27)38-10-8-28(9-11-38)18(2)41-16-25(28)39/h3-6,13-15,17-18,24-27,39H,7-12,16H2,1-2H3/t17-,18?,24+,25?,26-,27-/m1/s1. The van der Waals surface area contributed by atoms with E-state index in [0.717, 1.165) is 0 Å². The molecule has 6 atom stereocenters. The minimum atomic E-state index is -4.99. The van der Waals surface area contributed by atoms with Gasteiger partial charge < -0.3 is 19.3 Å². The van der Waals surface area contributed by atoms with Gasteiger partial charge in [0.25, 0.3) is 0 Å². The molecule has 0 aliphatic carbocycles. The number of likely N-dealkylation sites (tertiary alicyclic amines) is 1. The summed E-state index contributed by atoms with van der Waals surface area (Å²) in [6, 6.07) is 7.02. The lowest BCUT2D eigenvalue weighted by Gasteiger charge is -2.49. The summed E-state index contributed by atoms with van der Waals surface area (Å²) < 4.78 is 113. The topological polar surface area (TPSA) is 51.2 Å². The first-order valence-corrected chi connectivity index (χ1v) is 14.0. The van der Waals surface area contributed by atoms with Crippen molar-refractivity contribution < 1.29 is 50.1 Å². The highest BCUT2D eigenvalue weighted by atomic mass is 19.4. The molecule has 0 aromatic heterocycles. The van der Waals surface area contributed by atoms with E-state index in [-0.39, 0.29) is 42.4 Å². The van der Waals surface area contributed by atoms with E-state index in [1.165, 1.54) is 19.1 Å². The van der Waals surface area contributed by atoms with Crippen LogP contribution >= 0.6 is 0 Å². The molecule has 0 radical (unpaired) electrons. The second kappa shape index (κ2) is 11.7. The van der Waals surface area contributed by atoms with Gasteiger partial charge in [-0.1, -0.05) is 12.1 Å². The smallest absolute Gasteiger partial charge is 0.390 e. The summed E-state index contributed by atoms with van der Waals surface area (Å²) in [5.74, 6) is -0.962. The largest absolute Gasteiger partial charge is 0.416 e. The van der Waals surface area contributed by atoms with Crippen LogP contribution in [0.4, 0.5) is 30.7 Å². The number of halogens is 7. The number of hydrogen-bond acceptors (Lipinski definition) is 5. The Bertz CT molecular complexity index is 1180. The Morgan fingerprint density at radius 1 is 0.952 bits per heavy atom. The third-order valence-electron chi connectivity index (χ3n) is 9.25. The highest BCUT2D eigenvalue weighted by molar-refractivity contribution is 5.35. The Labute approximate surface area is 239 Å². The molecule has 0 bridgehead atoms. The molecule has 12 heteroatoms. The number of aliphatic hydroxyl groups is 1. The summed E-state index contributed by atoms with van der Waals surface area (Å²) in [6.07, 6.45) is -10.9. The molecule has 42 heavy (non-hydrogen) atoms. The van der Waals surface area contributed by atoms with Gasteiger partial charge in [-0.05, 0) is 87.7 Å². The minimum absolute atomic E-state index is 0.0843. The zero-order valence-corrected chi connectivity index (χ0v) is 23.2. The summed E-state index contributed by atoms with van der Waals surface area (Å²) in [7, 11) is 0. The quantitative estimate of drug-likeness (QED) is 0.385. The van der Waals surface area contributed by atoms with Gasteiger partial charge in [0.05, 0.1) is 48.6 Å². The van der Waals surface area contributed by atoms with Crippen LogP contribution in [0.25, 0.3) is 0 Å². The maximum Gasteiger partial charge on any atom is 0.416 e. The fourth-order valence-electron chi connectivity index (χ4n) is 6.71. The van der Waals surface area contributed by atoms with Gasteiger partial charge >= 0.3 is 12.4 Å². The van der Waals surface area contributed by atoms with Crippen molar-refractivity contribution in [2.75, 3.05) is 26.3 Å².